The SMILES string of the molecule is COC(=O)CC(c1ccc(C)o1)c1oc(C)cc(=O)c1O. The van der Waals surface area contributed by atoms with Crippen LogP contribution in [0.4, 0.5) is 0 Å². The fourth-order valence-electron chi connectivity index (χ4n) is 2.08. The van der Waals surface area contributed by atoms with Crippen LogP contribution in [-0.4, -0.2) is 18.2 Å². The topological polar surface area (TPSA) is 89.9 Å². The third kappa shape index (κ3) is 3.16. The molecule has 0 saturated heterocycles. The number of aromatic hydroxyl groups is 1. The highest BCUT2D eigenvalue weighted by atomic mass is 16.5. The van der Waals surface area contributed by atoms with E-state index in [1.54, 1.807) is 26.0 Å². The maximum atomic E-state index is 11.7. The molecule has 0 spiro atoms. The molecular weight excluding hydrogens is 276 g/mol. The molecule has 0 amide bonds. The highest BCUT2D eigenvalue weighted by Gasteiger charge is 2.28. The first-order valence-electron chi connectivity index (χ1n) is 6.39. The van der Waals surface area contributed by atoms with Gasteiger partial charge in [0.25, 0.3) is 0 Å². The number of aryl methyl sites for hydroxylation is 2. The summed E-state index contributed by atoms with van der Waals surface area (Å²) in [5.74, 6) is -0.345. The fraction of sp³-hybridized carbons (Fsp3) is 0.333. The van der Waals surface area contributed by atoms with Crippen molar-refractivity contribution < 1.29 is 23.5 Å². The number of rotatable bonds is 4. The highest BCUT2D eigenvalue weighted by molar-refractivity contribution is 5.71. The zero-order valence-electron chi connectivity index (χ0n) is 12.0. The molecule has 1 unspecified atom stereocenters. The van der Waals surface area contributed by atoms with Gasteiger partial charge < -0.3 is 18.7 Å². The second-order valence-corrected chi connectivity index (χ2v) is 4.72. The molecule has 2 rings (SSSR count). The number of esters is 1. The van der Waals surface area contributed by atoms with Crippen LogP contribution in [0.3, 0.4) is 0 Å². The maximum absolute atomic E-state index is 11.7. The molecule has 0 aliphatic carbocycles. The largest absolute Gasteiger partial charge is 0.502 e. The molecule has 0 fully saturated rings. The normalized spacial score (nSPS) is 12.1. The first-order valence-corrected chi connectivity index (χ1v) is 6.39. The maximum Gasteiger partial charge on any atom is 0.306 e. The zero-order chi connectivity index (χ0) is 15.6. The Kier molecular flexibility index (Phi) is 4.16. The Morgan fingerprint density at radius 2 is 2.00 bits per heavy atom. The summed E-state index contributed by atoms with van der Waals surface area (Å²) in [7, 11) is 1.26. The molecule has 2 aromatic heterocycles. The van der Waals surface area contributed by atoms with Crippen LogP contribution in [0, 0.1) is 13.8 Å². The predicted molar refractivity (Wildman–Crippen MR) is 73.3 cm³/mol. The van der Waals surface area contributed by atoms with Gasteiger partial charge in [0.1, 0.15) is 17.3 Å². The molecule has 6 heteroatoms. The van der Waals surface area contributed by atoms with Crippen LogP contribution < -0.4 is 5.43 Å². The molecule has 0 bridgehead atoms. The van der Waals surface area contributed by atoms with Gasteiger partial charge in [-0.15, -0.1) is 0 Å². The Labute approximate surface area is 121 Å². The van der Waals surface area contributed by atoms with Gasteiger partial charge in [-0.2, -0.15) is 0 Å². The Morgan fingerprint density at radius 1 is 1.29 bits per heavy atom. The molecule has 0 aliphatic heterocycles. The van der Waals surface area contributed by atoms with Crippen LogP contribution in [0.1, 0.15) is 35.4 Å². The number of carbonyl (C=O) groups excluding carboxylic acids is 1. The van der Waals surface area contributed by atoms with E-state index in [0.717, 1.165) is 0 Å². The quantitative estimate of drug-likeness (QED) is 0.869. The third-order valence-corrected chi connectivity index (χ3v) is 3.09. The van der Waals surface area contributed by atoms with Gasteiger partial charge in [-0.3, -0.25) is 9.59 Å². The summed E-state index contributed by atoms with van der Waals surface area (Å²) in [6.07, 6.45) is -0.108. The van der Waals surface area contributed by atoms with Crippen molar-refractivity contribution in [2.75, 3.05) is 7.11 Å². The minimum absolute atomic E-state index is 0.000231. The monoisotopic (exact) mass is 292 g/mol. The summed E-state index contributed by atoms with van der Waals surface area (Å²) in [4.78, 5) is 23.3. The van der Waals surface area contributed by atoms with Gasteiger partial charge in [0.2, 0.25) is 11.2 Å². The van der Waals surface area contributed by atoms with Crippen molar-refractivity contribution in [1.82, 2.24) is 0 Å². The number of hydrogen-bond acceptors (Lipinski definition) is 6. The minimum Gasteiger partial charge on any atom is -0.502 e. The summed E-state index contributed by atoms with van der Waals surface area (Å²) < 4.78 is 15.6. The average Bonchev–Trinajstić information content (AvgIpc) is 2.86. The van der Waals surface area contributed by atoms with E-state index < -0.39 is 23.1 Å². The summed E-state index contributed by atoms with van der Waals surface area (Å²) in [6, 6.07) is 4.58. The van der Waals surface area contributed by atoms with E-state index in [1.165, 1.54) is 13.2 Å². The lowest BCUT2D eigenvalue weighted by atomic mass is 9.98. The first kappa shape index (κ1) is 14.9. The van der Waals surface area contributed by atoms with Gasteiger partial charge in [-0.25, -0.2) is 0 Å². The van der Waals surface area contributed by atoms with Crippen LogP contribution in [0.2, 0.25) is 0 Å². The predicted octanol–water partition coefficient (Wildman–Crippen LogP) is 2.25. The highest BCUT2D eigenvalue weighted by Crippen LogP contribution is 2.34. The number of hydrogen-bond donors (Lipinski definition) is 1. The lowest BCUT2D eigenvalue weighted by molar-refractivity contribution is -0.141. The molecule has 2 aromatic rings. The van der Waals surface area contributed by atoms with E-state index in [0.29, 0.717) is 17.3 Å². The van der Waals surface area contributed by atoms with Crippen molar-refractivity contribution in [1.29, 1.82) is 0 Å². The van der Waals surface area contributed by atoms with E-state index in [-0.39, 0.29) is 12.2 Å². The van der Waals surface area contributed by atoms with Crippen LogP contribution in [0.5, 0.6) is 5.75 Å². The van der Waals surface area contributed by atoms with Crippen LogP contribution in [0.15, 0.2) is 31.8 Å². The smallest absolute Gasteiger partial charge is 0.306 e. The second kappa shape index (κ2) is 5.87. The number of methoxy groups -OCH3 is 1. The molecule has 112 valence electrons. The van der Waals surface area contributed by atoms with Crippen LogP contribution in [0.25, 0.3) is 0 Å². The van der Waals surface area contributed by atoms with E-state index in [9.17, 15) is 14.7 Å². The van der Waals surface area contributed by atoms with Gasteiger partial charge in [0.15, 0.2) is 5.76 Å². The van der Waals surface area contributed by atoms with Gasteiger partial charge in [0.05, 0.1) is 19.4 Å². The molecule has 0 radical (unpaired) electrons. The summed E-state index contributed by atoms with van der Waals surface area (Å²) in [5.41, 5.74) is -0.563. The standard InChI is InChI=1S/C15H16O6/c1-8-4-5-12(20-8)10(7-13(17)19-3)15-14(18)11(16)6-9(2)21-15/h4-6,10,18H,7H2,1-3H3. The van der Waals surface area contributed by atoms with Crippen LogP contribution >= 0.6 is 0 Å². The average molecular weight is 292 g/mol. The van der Waals surface area contributed by atoms with Gasteiger partial charge in [-0.05, 0) is 26.0 Å². The summed E-state index contributed by atoms with van der Waals surface area (Å²) in [6.45, 7) is 3.35. The summed E-state index contributed by atoms with van der Waals surface area (Å²) in [5, 5.41) is 9.95. The molecule has 0 aromatic carbocycles. The van der Waals surface area contributed by atoms with Crippen molar-refractivity contribution >= 4 is 5.97 Å². The van der Waals surface area contributed by atoms with Crippen molar-refractivity contribution in [3.63, 3.8) is 0 Å². The Balaban J connectivity index is 2.54. The molecule has 1 N–H and O–H groups in total. The van der Waals surface area contributed by atoms with E-state index >= 15 is 0 Å². The van der Waals surface area contributed by atoms with E-state index in [2.05, 4.69) is 4.74 Å². The number of furan rings is 1. The number of carbonyl (C=O) groups is 1. The number of ether oxygens (including phenoxy) is 1. The van der Waals surface area contributed by atoms with Gasteiger partial charge >= 0.3 is 5.97 Å². The molecule has 0 saturated carbocycles. The van der Waals surface area contributed by atoms with Gasteiger partial charge in [0, 0.05) is 6.07 Å². The molecule has 2 heterocycles. The fourth-order valence-corrected chi connectivity index (χ4v) is 2.08. The molecule has 6 nitrogen and oxygen atoms in total. The Morgan fingerprint density at radius 3 is 2.57 bits per heavy atom. The molecule has 21 heavy (non-hydrogen) atoms. The second-order valence-electron chi connectivity index (χ2n) is 4.72. The Hall–Kier alpha value is -2.50. The van der Waals surface area contributed by atoms with Gasteiger partial charge in [-0.1, -0.05) is 0 Å². The Bertz CT molecular complexity index is 709. The molecular formula is C15H16O6. The summed E-state index contributed by atoms with van der Waals surface area (Å²) >= 11 is 0. The lowest BCUT2D eigenvalue weighted by Crippen LogP contribution is -2.13. The van der Waals surface area contributed by atoms with Crippen molar-refractivity contribution in [3.05, 3.63) is 51.5 Å². The third-order valence-electron chi connectivity index (χ3n) is 3.09. The van der Waals surface area contributed by atoms with Crippen molar-refractivity contribution in [2.24, 2.45) is 0 Å². The minimum atomic E-state index is -0.723. The van der Waals surface area contributed by atoms with E-state index in [4.69, 9.17) is 8.83 Å². The first-order chi connectivity index (χ1) is 9.92. The van der Waals surface area contributed by atoms with E-state index in [1.807, 2.05) is 0 Å². The molecule has 1 atom stereocenters. The zero-order valence-corrected chi connectivity index (χ0v) is 12.0. The lowest BCUT2D eigenvalue weighted by Gasteiger charge is -2.14. The van der Waals surface area contributed by atoms with Crippen molar-refractivity contribution in [2.45, 2.75) is 26.2 Å². The molecule has 0 aliphatic rings. The van der Waals surface area contributed by atoms with Crippen molar-refractivity contribution in [3.8, 4) is 5.75 Å². The van der Waals surface area contributed by atoms with Crippen LogP contribution in [-0.2, 0) is 9.53 Å².